The average Bonchev–Trinajstić information content (AvgIpc) is 0.792. The van der Waals surface area contributed by atoms with Crippen LogP contribution in [0.2, 0.25) is 0 Å². The minimum atomic E-state index is 0.905. The Balaban J connectivity index is 0.000000143. The molecule has 98 heavy (non-hydrogen) atoms. The quantitative estimate of drug-likeness (QED) is 0.129. The van der Waals surface area contributed by atoms with Crippen molar-refractivity contribution in [2.45, 2.75) is 0 Å². The number of hydrogen-bond acceptors (Lipinski definition) is 10. The molecule has 10 nitrogen and oxygen atoms in total. The first-order valence-corrected chi connectivity index (χ1v) is 32.5. The van der Waals surface area contributed by atoms with Crippen molar-refractivity contribution in [2.75, 3.05) is 0 Å². The van der Waals surface area contributed by atoms with E-state index in [4.69, 9.17) is 34.9 Å². The van der Waals surface area contributed by atoms with Gasteiger partial charge in [0, 0.05) is 113 Å². The Morgan fingerprint density at radius 1 is 0.153 bits per heavy atom. The van der Waals surface area contributed by atoms with Crippen LogP contribution in [0.4, 0.5) is 0 Å². The van der Waals surface area contributed by atoms with Gasteiger partial charge in [-0.2, -0.15) is 0 Å². The summed E-state index contributed by atoms with van der Waals surface area (Å²) in [6, 6.07) is 103. The van der Waals surface area contributed by atoms with E-state index >= 15 is 0 Å². The van der Waals surface area contributed by atoms with Gasteiger partial charge in [0.1, 0.15) is 0 Å². The van der Waals surface area contributed by atoms with Gasteiger partial charge in [-0.15, -0.1) is 0 Å². The molecule has 10 heterocycles. The van der Waals surface area contributed by atoms with Gasteiger partial charge in [-0.3, -0.25) is 15.0 Å². The summed E-state index contributed by atoms with van der Waals surface area (Å²) >= 11 is 0. The van der Waals surface area contributed by atoms with Crippen molar-refractivity contribution in [3.05, 3.63) is 328 Å². The third-order valence-corrected chi connectivity index (χ3v) is 18.4. The highest BCUT2D eigenvalue weighted by atomic mass is 14.8. The van der Waals surface area contributed by atoms with Crippen molar-refractivity contribution < 1.29 is 0 Å². The van der Waals surface area contributed by atoms with Crippen LogP contribution < -0.4 is 0 Å². The van der Waals surface area contributed by atoms with Gasteiger partial charge < -0.3 is 0 Å². The molecule has 10 heteroatoms. The molecule has 0 saturated heterocycles. The molecule has 0 atom stereocenters. The topological polar surface area (TPSA) is 129 Å². The predicted molar refractivity (Wildman–Crippen MR) is 400 cm³/mol. The van der Waals surface area contributed by atoms with Gasteiger partial charge in [0.15, 0.2) is 0 Å². The molecule has 0 spiro atoms. The van der Waals surface area contributed by atoms with E-state index in [1.807, 2.05) is 54.7 Å². The Morgan fingerprint density at radius 2 is 0.439 bits per heavy atom. The van der Waals surface area contributed by atoms with Crippen LogP contribution in [-0.4, -0.2) is 49.8 Å². The van der Waals surface area contributed by atoms with Crippen LogP contribution in [0, 0.1) is 0 Å². The zero-order valence-electron chi connectivity index (χ0n) is 52.6. The summed E-state index contributed by atoms with van der Waals surface area (Å²) < 4.78 is 0. The lowest BCUT2D eigenvalue weighted by atomic mass is 10.0. The summed E-state index contributed by atoms with van der Waals surface area (Å²) in [5.41, 5.74) is 26.0. The molecule has 0 radical (unpaired) electrons. The van der Waals surface area contributed by atoms with Crippen molar-refractivity contribution in [2.24, 2.45) is 0 Å². The summed E-state index contributed by atoms with van der Waals surface area (Å²) in [4.78, 5) is 48.0. The molecular weight excluding hydrogens is 1200 g/mol. The second-order valence-corrected chi connectivity index (χ2v) is 24.4. The van der Waals surface area contributed by atoms with E-state index in [-0.39, 0.29) is 0 Å². The first-order chi connectivity index (χ1) is 48.5. The molecule has 19 rings (SSSR count). The lowest BCUT2D eigenvalue weighted by Crippen LogP contribution is -1.91. The lowest BCUT2D eigenvalue weighted by Gasteiger charge is -2.09. The van der Waals surface area contributed by atoms with Crippen LogP contribution in [-0.2, 0) is 0 Å². The maximum atomic E-state index is 5.14. The molecule has 9 aromatic carbocycles. The number of fused-ring (bicyclic) bond motifs is 10. The minimum absolute atomic E-state index is 0.905. The first-order valence-electron chi connectivity index (χ1n) is 32.5. The van der Waals surface area contributed by atoms with E-state index in [1.165, 1.54) is 0 Å². The number of aromatic nitrogens is 10. The maximum absolute atomic E-state index is 5.14. The third-order valence-electron chi connectivity index (χ3n) is 18.4. The molecule has 0 N–H and O–H groups in total. The molecular formula is C88H54N10. The molecule has 0 aliphatic rings. The van der Waals surface area contributed by atoms with E-state index in [0.29, 0.717) is 0 Å². The molecule has 0 aliphatic carbocycles. The Morgan fingerprint density at radius 3 is 0.857 bits per heavy atom. The summed E-state index contributed by atoms with van der Waals surface area (Å²) in [7, 11) is 0. The van der Waals surface area contributed by atoms with Crippen molar-refractivity contribution >= 4 is 87.2 Å². The van der Waals surface area contributed by atoms with Gasteiger partial charge in [-0.05, 0) is 131 Å². The van der Waals surface area contributed by atoms with Crippen molar-refractivity contribution in [1.82, 2.24) is 49.8 Å². The fourth-order valence-electron chi connectivity index (χ4n) is 13.1. The fourth-order valence-corrected chi connectivity index (χ4v) is 13.1. The van der Waals surface area contributed by atoms with Gasteiger partial charge in [0.05, 0.1) is 84.0 Å². The molecule has 0 aliphatic heterocycles. The third kappa shape index (κ3) is 11.1. The highest BCUT2D eigenvalue weighted by Crippen LogP contribution is 2.36. The molecule has 10 aromatic heterocycles. The number of nitrogens with zero attached hydrogens (tertiary/aromatic N) is 10. The van der Waals surface area contributed by atoms with Gasteiger partial charge in [-0.25, -0.2) is 34.9 Å². The number of rotatable bonds is 9. The number of pyridine rings is 10. The van der Waals surface area contributed by atoms with E-state index < -0.39 is 0 Å². The van der Waals surface area contributed by atoms with Crippen LogP contribution in [0.3, 0.4) is 0 Å². The van der Waals surface area contributed by atoms with Gasteiger partial charge in [0.25, 0.3) is 0 Å². The average molecular weight is 1250 g/mol. The maximum Gasteiger partial charge on any atom is 0.0972 e. The zero-order valence-corrected chi connectivity index (χ0v) is 52.6. The van der Waals surface area contributed by atoms with Gasteiger partial charge in [0.2, 0.25) is 0 Å². The van der Waals surface area contributed by atoms with E-state index in [9.17, 15) is 0 Å². The predicted octanol–water partition coefficient (Wildman–Crippen LogP) is 21.6. The van der Waals surface area contributed by atoms with Crippen molar-refractivity contribution in [1.29, 1.82) is 0 Å². The highest BCUT2D eigenvalue weighted by molar-refractivity contribution is 6.05. The second kappa shape index (κ2) is 24.5. The summed E-state index contributed by atoms with van der Waals surface area (Å²) in [5, 5.41) is 8.73. The molecule has 0 bridgehead atoms. The SMILES string of the molecule is c1ccc(-c2ccc3ccc4ccc(-c5ccc(-c6ccc7cc(-c8ccc9ccc(-c%10ccncc%10)nc9c8)ccc7n6)cc5)nc4c3n2)cc1.c1cnc2c(c1)ccc1ccc(-c3ccc(-c4ccc5cc(-c6ccc7ccc(-c8ccncc8)nc7c6)ccc5n4)cc3)nc12. The highest BCUT2D eigenvalue weighted by Gasteiger charge is 2.14. The molecule has 0 saturated carbocycles. The standard InChI is InChI=1S/C47H29N5.C41H25N5/c1-2-4-30(5-3-1)42-20-15-35-11-12-36-16-21-43(52-47(36)46(35)51-42)32-8-6-31(7-9-32)40-23-18-39-28-37(17-22-44(39)49-40)38-13-10-33-14-19-41(50-45(33)29-38)34-24-26-48-27-25-34;1-2-30-8-9-31-12-16-37(46-41(31)40(30)43-21-1)27-5-3-26(4-6-27)35-18-14-34-24-32(13-17-38(34)44-35)33-10-7-28-11-15-36(45-39(28)25-33)29-19-22-42-23-20-29/h1-29H;1-25H. The van der Waals surface area contributed by atoms with Crippen LogP contribution >= 0.6 is 0 Å². The normalized spacial score (nSPS) is 11.5. The Kier molecular flexibility index (Phi) is 14.3. The van der Waals surface area contributed by atoms with E-state index in [1.54, 1.807) is 24.8 Å². The van der Waals surface area contributed by atoms with Crippen LogP contribution in [0.5, 0.6) is 0 Å². The van der Waals surface area contributed by atoms with Gasteiger partial charge >= 0.3 is 0 Å². The molecule has 456 valence electrons. The number of hydrogen-bond donors (Lipinski definition) is 0. The van der Waals surface area contributed by atoms with Crippen LogP contribution in [0.25, 0.3) is 188 Å². The van der Waals surface area contributed by atoms with Gasteiger partial charge in [-0.1, -0.05) is 188 Å². The molecule has 0 unspecified atom stereocenters. The monoisotopic (exact) mass is 1250 g/mol. The lowest BCUT2D eigenvalue weighted by molar-refractivity contribution is 1.31. The Bertz CT molecular complexity index is 6290. The first kappa shape index (κ1) is 57.2. The van der Waals surface area contributed by atoms with E-state index in [0.717, 1.165) is 188 Å². The molecule has 0 amide bonds. The smallest absolute Gasteiger partial charge is 0.0972 e. The molecule has 19 aromatic rings. The summed E-state index contributed by atoms with van der Waals surface area (Å²) in [5.74, 6) is 0. The largest absolute Gasteiger partial charge is 0.265 e. The van der Waals surface area contributed by atoms with Crippen LogP contribution in [0.1, 0.15) is 0 Å². The summed E-state index contributed by atoms with van der Waals surface area (Å²) in [6.07, 6.45) is 9.01. The minimum Gasteiger partial charge on any atom is -0.265 e. The Labute approximate surface area is 563 Å². The fraction of sp³-hybridized carbons (Fsp3) is 0. The van der Waals surface area contributed by atoms with Crippen molar-refractivity contribution in [3.63, 3.8) is 0 Å². The van der Waals surface area contributed by atoms with Crippen molar-refractivity contribution in [3.8, 4) is 101 Å². The molecule has 0 fully saturated rings. The summed E-state index contributed by atoms with van der Waals surface area (Å²) in [6.45, 7) is 0. The van der Waals surface area contributed by atoms with Crippen LogP contribution in [0.15, 0.2) is 328 Å². The second-order valence-electron chi connectivity index (χ2n) is 24.4. The number of benzene rings is 9. The van der Waals surface area contributed by atoms with E-state index in [2.05, 4.69) is 264 Å². The zero-order chi connectivity index (χ0) is 64.9. The Hall–Kier alpha value is -13.4.